The highest BCUT2D eigenvalue weighted by Crippen LogP contribution is 2.10. The lowest BCUT2D eigenvalue weighted by atomic mass is 10.1. The summed E-state index contributed by atoms with van der Waals surface area (Å²) in [5, 5.41) is 0. The van der Waals surface area contributed by atoms with E-state index in [1.807, 2.05) is 0 Å². The summed E-state index contributed by atoms with van der Waals surface area (Å²) in [6.07, 6.45) is 10.8. The van der Waals surface area contributed by atoms with Crippen molar-refractivity contribution in [2.75, 3.05) is 12.8 Å². The summed E-state index contributed by atoms with van der Waals surface area (Å²) in [7, 11) is 1.33. The number of methoxy groups -OCH3 is 1. The van der Waals surface area contributed by atoms with E-state index in [2.05, 4.69) is 11.7 Å². The second kappa shape index (κ2) is 14.1. The molecule has 1 rings (SSSR count). The number of nitrogen functional groups attached to an aromatic ring is 1. The number of anilines is 1. The number of esters is 1. The van der Waals surface area contributed by atoms with E-state index in [1.165, 1.54) is 45.6 Å². The smallest absolute Gasteiger partial charge is 0.339 e. The summed E-state index contributed by atoms with van der Waals surface area (Å²) < 4.78 is 4.50. The highest BCUT2D eigenvalue weighted by molar-refractivity contribution is 5.94. The fraction of sp³-hybridized carbons (Fsp3) is 0.556. The molecule has 22 heavy (non-hydrogen) atoms. The van der Waals surface area contributed by atoms with Crippen molar-refractivity contribution in [2.45, 2.75) is 58.3 Å². The average Bonchev–Trinajstić information content (AvgIpc) is 2.54. The van der Waals surface area contributed by atoms with Crippen molar-refractivity contribution in [3.63, 3.8) is 0 Å². The molecule has 4 nitrogen and oxygen atoms in total. The third kappa shape index (κ3) is 9.97. The van der Waals surface area contributed by atoms with E-state index in [-0.39, 0.29) is 0 Å². The first kappa shape index (κ1) is 20.2. The first-order valence-corrected chi connectivity index (χ1v) is 8.03. The quantitative estimate of drug-likeness (QED) is 0.318. The van der Waals surface area contributed by atoms with Crippen molar-refractivity contribution >= 4 is 17.9 Å². The minimum absolute atomic E-state index is 0.400. The van der Waals surface area contributed by atoms with Crippen molar-refractivity contribution in [3.05, 3.63) is 29.8 Å². The van der Waals surface area contributed by atoms with Gasteiger partial charge in [-0.15, -0.1) is 0 Å². The van der Waals surface area contributed by atoms with E-state index in [4.69, 9.17) is 5.73 Å². The van der Waals surface area contributed by atoms with E-state index in [0.717, 1.165) is 19.1 Å². The van der Waals surface area contributed by atoms with Gasteiger partial charge in [0.2, 0.25) is 0 Å². The van der Waals surface area contributed by atoms with Crippen LogP contribution in [0.1, 0.15) is 68.6 Å². The van der Waals surface area contributed by atoms with Crippen LogP contribution >= 0.6 is 0 Å². The number of hydrogen-bond donors (Lipinski definition) is 1. The molecule has 124 valence electrons. The average molecular weight is 307 g/mol. The number of unbranched alkanes of at least 4 members (excludes halogenated alkanes) is 7. The van der Waals surface area contributed by atoms with Crippen molar-refractivity contribution in [1.29, 1.82) is 0 Å². The van der Waals surface area contributed by atoms with E-state index >= 15 is 0 Å². The van der Waals surface area contributed by atoms with Crippen LogP contribution < -0.4 is 5.73 Å². The Morgan fingerprint density at radius 3 is 2.23 bits per heavy atom. The molecule has 0 unspecified atom stereocenters. The molecular weight excluding hydrogens is 278 g/mol. The molecule has 1 aromatic rings. The first-order valence-electron chi connectivity index (χ1n) is 8.03. The summed E-state index contributed by atoms with van der Waals surface area (Å²) in [5.74, 6) is -0.400. The van der Waals surface area contributed by atoms with E-state index in [0.29, 0.717) is 11.3 Å². The predicted octanol–water partition coefficient (Wildman–Crippen LogP) is 4.38. The minimum Gasteiger partial charge on any atom is -0.465 e. The van der Waals surface area contributed by atoms with Crippen molar-refractivity contribution < 1.29 is 14.3 Å². The second-order valence-electron chi connectivity index (χ2n) is 5.16. The molecule has 0 amide bonds. The molecule has 0 bridgehead atoms. The van der Waals surface area contributed by atoms with Gasteiger partial charge in [0.05, 0.1) is 12.7 Å². The van der Waals surface area contributed by atoms with Crippen LogP contribution in [0.4, 0.5) is 5.69 Å². The van der Waals surface area contributed by atoms with Crippen LogP contribution in [0.25, 0.3) is 0 Å². The molecule has 0 aromatic heterocycles. The highest BCUT2D eigenvalue weighted by atomic mass is 16.5. The van der Waals surface area contributed by atoms with Crippen LogP contribution in [0, 0.1) is 0 Å². The fourth-order valence-electron chi connectivity index (χ4n) is 1.98. The molecule has 4 heteroatoms. The van der Waals surface area contributed by atoms with Crippen LogP contribution in [-0.4, -0.2) is 19.4 Å². The van der Waals surface area contributed by atoms with Crippen LogP contribution in [-0.2, 0) is 9.53 Å². The Balaban J connectivity index is 0.000000401. The lowest BCUT2D eigenvalue weighted by molar-refractivity contribution is -0.107. The summed E-state index contributed by atoms with van der Waals surface area (Å²) in [5.41, 5.74) is 6.35. The number of para-hydroxylation sites is 1. The van der Waals surface area contributed by atoms with E-state index in [9.17, 15) is 9.59 Å². The Hall–Kier alpha value is -1.84. The number of benzene rings is 1. The highest BCUT2D eigenvalue weighted by Gasteiger charge is 2.06. The molecule has 0 heterocycles. The standard InChI is InChI=1S/C10H20O.C8H9NO2/c1-2-3-4-5-6-7-8-9-10-11;1-11-8(10)6-4-2-3-5-7(6)9/h10H,2-9H2,1H3;2-5H,9H2,1H3. The van der Waals surface area contributed by atoms with Crippen molar-refractivity contribution in [1.82, 2.24) is 0 Å². The lowest BCUT2D eigenvalue weighted by Crippen LogP contribution is -2.04. The van der Waals surface area contributed by atoms with E-state index < -0.39 is 5.97 Å². The van der Waals surface area contributed by atoms with Gasteiger partial charge in [-0.3, -0.25) is 0 Å². The maximum atomic E-state index is 10.9. The first-order chi connectivity index (χ1) is 10.7. The topological polar surface area (TPSA) is 69.4 Å². The zero-order chi connectivity index (χ0) is 16.6. The number of ether oxygens (including phenoxy) is 1. The fourth-order valence-corrected chi connectivity index (χ4v) is 1.98. The zero-order valence-electron chi connectivity index (χ0n) is 13.8. The number of carbonyl (C=O) groups excluding carboxylic acids is 2. The summed E-state index contributed by atoms with van der Waals surface area (Å²) in [6, 6.07) is 6.79. The Bertz CT molecular complexity index is 419. The number of hydrogen-bond acceptors (Lipinski definition) is 4. The molecule has 0 saturated heterocycles. The number of carbonyl (C=O) groups is 2. The third-order valence-electron chi connectivity index (χ3n) is 3.29. The van der Waals surface area contributed by atoms with Gasteiger partial charge < -0.3 is 15.3 Å². The lowest BCUT2D eigenvalue weighted by Gasteiger charge is -2.00. The van der Waals surface area contributed by atoms with Gasteiger partial charge in [-0.25, -0.2) is 4.79 Å². The minimum atomic E-state index is -0.400. The van der Waals surface area contributed by atoms with Crippen LogP contribution in [0.15, 0.2) is 24.3 Å². The molecule has 0 aliphatic heterocycles. The molecule has 0 aliphatic carbocycles. The Morgan fingerprint density at radius 1 is 1.09 bits per heavy atom. The van der Waals surface area contributed by atoms with Crippen LogP contribution in [0.2, 0.25) is 0 Å². The number of nitrogens with two attached hydrogens (primary N) is 1. The molecule has 0 radical (unpaired) electrons. The summed E-state index contributed by atoms with van der Waals surface area (Å²) in [4.78, 5) is 20.9. The molecule has 0 fully saturated rings. The van der Waals surface area contributed by atoms with Gasteiger partial charge in [0, 0.05) is 12.1 Å². The van der Waals surface area contributed by atoms with Crippen LogP contribution in [0.5, 0.6) is 0 Å². The largest absolute Gasteiger partial charge is 0.465 e. The molecule has 2 N–H and O–H groups in total. The third-order valence-corrected chi connectivity index (χ3v) is 3.29. The Labute approximate surface area is 134 Å². The maximum Gasteiger partial charge on any atom is 0.339 e. The van der Waals surface area contributed by atoms with Gasteiger partial charge in [-0.2, -0.15) is 0 Å². The zero-order valence-corrected chi connectivity index (χ0v) is 13.8. The summed E-state index contributed by atoms with van der Waals surface area (Å²) in [6.45, 7) is 2.23. The van der Waals surface area contributed by atoms with Crippen molar-refractivity contribution in [2.24, 2.45) is 0 Å². The number of aldehydes is 1. The normalized spacial score (nSPS) is 9.55. The molecule has 1 aromatic carbocycles. The van der Waals surface area contributed by atoms with Gasteiger partial charge >= 0.3 is 5.97 Å². The van der Waals surface area contributed by atoms with E-state index in [1.54, 1.807) is 24.3 Å². The van der Waals surface area contributed by atoms with Gasteiger partial charge in [-0.05, 0) is 18.6 Å². The molecule has 0 spiro atoms. The molecular formula is C18H29NO3. The van der Waals surface area contributed by atoms with Gasteiger partial charge in [0.15, 0.2) is 0 Å². The van der Waals surface area contributed by atoms with Gasteiger partial charge in [0.1, 0.15) is 6.29 Å². The molecule has 0 atom stereocenters. The summed E-state index contributed by atoms with van der Waals surface area (Å²) >= 11 is 0. The van der Waals surface area contributed by atoms with Crippen molar-refractivity contribution in [3.8, 4) is 0 Å². The maximum absolute atomic E-state index is 10.9. The van der Waals surface area contributed by atoms with Gasteiger partial charge in [0.25, 0.3) is 0 Å². The second-order valence-corrected chi connectivity index (χ2v) is 5.16. The Kier molecular flexibility index (Phi) is 12.9. The SMILES string of the molecule is CCCCCCCCCC=O.COC(=O)c1ccccc1N. The Morgan fingerprint density at radius 2 is 1.68 bits per heavy atom. The number of rotatable bonds is 9. The monoisotopic (exact) mass is 307 g/mol. The molecule has 0 saturated carbocycles. The van der Waals surface area contributed by atoms with Crippen LogP contribution in [0.3, 0.4) is 0 Å². The molecule has 0 aliphatic rings. The van der Waals surface area contributed by atoms with Gasteiger partial charge in [-0.1, -0.05) is 57.6 Å². The predicted molar refractivity (Wildman–Crippen MR) is 90.9 cm³/mol.